The van der Waals surface area contributed by atoms with E-state index in [-0.39, 0.29) is 11.7 Å². The van der Waals surface area contributed by atoms with Gasteiger partial charge in [0.15, 0.2) is 0 Å². The van der Waals surface area contributed by atoms with Gasteiger partial charge >= 0.3 is 0 Å². The van der Waals surface area contributed by atoms with Gasteiger partial charge in [0.05, 0.1) is 0 Å². The number of benzene rings is 1. The summed E-state index contributed by atoms with van der Waals surface area (Å²) in [5, 5.41) is 0.865. The van der Waals surface area contributed by atoms with Gasteiger partial charge in [-0.2, -0.15) is 0 Å². The first-order valence-corrected chi connectivity index (χ1v) is 5.62. The quantitative estimate of drug-likeness (QED) is 0.681. The molecule has 1 aliphatic rings. The Morgan fingerprint density at radius 1 is 1.29 bits per heavy atom. The van der Waals surface area contributed by atoms with E-state index in [9.17, 15) is 9.18 Å². The minimum Gasteiger partial charge on any atom is -0.340 e. The molecule has 1 aromatic carbocycles. The summed E-state index contributed by atoms with van der Waals surface area (Å²) in [4.78, 5) is 13.8. The van der Waals surface area contributed by atoms with Crippen LogP contribution in [0.25, 0.3) is 10.9 Å². The van der Waals surface area contributed by atoms with E-state index >= 15 is 0 Å². The number of nitrogens with zero attached hydrogens (tertiary/aromatic N) is 2. The highest BCUT2D eigenvalue weighted by Crippen LogP contribution is 2.29. The van der Waals surface area contributed by atoms with E-state index in [2.05, 4.69) is 0 Å². The van der Waals surface area contributed by atoms with Crippen molar-refractivity contribution in [2.75, 3.05) is 13.6 Å². The monoisotopic (exact) mass is 232 g/mol. The fourth-order valence-electron chi connectivity index (χ4n) is 2.58. The predicted molar refractivity (Wildman–Crippen MR) is 63.5 cm³/mol. The van der Waals surface area contributed by atoms with Crippen LogP contribution in [0.5, 0.6) is 0 Å². The fraction of sp³-hybridized carbons (Fsp3) is 0.308. The average molecular weight is 232 g/mol. The van der Waals surface area contributed by atoms with Crippen LogP contribution in [0, 0.1) is 5.82 Å². The summed E-state index contributed by atoms with van der Waals surface area (Å²) < 4.78 is 15.1. The highest BCUT2D eigenvalue weighted by molar-refractivity contribution is 6.02. The second-order valence-corrected chi connectivity index (χ2v) is 4.52. The number of carbonyl (C=O) groups excluding carboxylic acids is 1. The maximum absolute atomic E-state index is 13.3. The zero-order valence-corrected chi connectivity index (χ0v) is 9.83. The Kier molecular flexibility index (Phi) is 2.02. The van der Waals surface area contributed by atoms with Crippen LogP contribution in [-0.2, 0) is 13.5 Å². The highest BCUT2D eigenvalue weighted by Gasteiger charge is 2.27. The van der Waals surface area contributed by atoms with Crippen LogP contribution in [0.4, 0.5) is 4.39 Å². The van der Waals surface area contributed by atoms with E-state index < -0.39 is 0 Å². The number of aryl methyl sites for hydroxylation is 1. The molecule has 1 aliphatic heterocycles. The molecule has 17 heavy (non-hydrogen) atoms. The molecule has 1 amide bonds. The lowest BCUT2D eigenvalue weighted by atomic mass is 10.0. The molecule has 0 unspecified atom stereocenters. The number of rotatable bonds is 0. The standard InChI is InChI=1S/C13H13FN2O/c1-15-6-5-9-10-7-8(14)3-4-11(10)16(2)12(9)13(15)17/h3-4,7H,5-6H2,1-2H3. The van der Waals surface area contributed by atoms with Crippen molar-refractivity contribution < 1.29 is 9.18 Å². The van der Waals surface area contributed by atoms with Gasteiger partial charge in [0.1, 0.15) is 11.5 Å². The molecule has 3 nitrogen and oxygen atoms in total. The molecule has 0 saturated heterocycles. The zero-order valence-electron chi connectivity index (χ0n) is 9.83. The van der Waals surface area contributed by atoms with Crippen LogP contribution in [0.1, 0.15) is 16.1 Å². The lowest BCUT2D eigenvalue weighted by molar-refractivity contribution is 0.0771. The Balaban J connectivity index is 2.39. The molecule has 1 aromatic heterocycles. The van der Waals surface area contributed by atoms with Crippen LogP contribution in [0.15, 0.2) is 18.2 Å². The summed E-state index contributed by atoms with van der Waals surface area (Å²) in [6.45, 7) is 0.696. The molecule has 0 saturated carbocycles. The summed E-state index contributed by atoms with van der Waals surface area (Å²) >= 11 is 0. The number of amides is 1. The second kappa shape index (κ2) is 3.32. The van der Waals surface area contributed by atoms with Crippen LogP contribution >= 0.6 is 0 Å². The maximum Gasteiger partial charge on any atom is 0.270 e. The molecule has 0 radical (unpaired) electrons. The van der Waals surface area contributed by atoms with Crippen LogP contribution < -0.4 is 0 Å². The largest absolute Gasteiger partial charge is 0.340 e. The molecule has 0 bridgehead atoms. The van der Waals surface area contributed by atoms with Gasteiger partial charge in [-0.3, -0.25) is 4.79 Å². The normalized spacial score (nSPS) is 15.5. The minimum absolute atomic E-state index is 0.0189. The van der Waals surface area contributed by atoms with Crippen molar-refractivity contribution in [3.8, 4) is 0 Å². The first kappa shape index (κ1) is 10.3. The van der Waals surface area contributed by atoms with E-state index in [0.29, 0.717) is 12.2 Å². The Hall–Kier alpha value is -1.84. The van der Waals surface area contributed by atoms with E-state index in [1.807, 2.05) is 11.6 Å². The van der Waals surface area contributed by atoms with Gasteiger partial charge < -0.3 is 9.47 Å². The van der Waals surface area contributed by atoms with Crippen LogP contribution in [-0.4, -0.2) is 29.0 Å². The van der Waals surface area contributed by atoms with Crippen LogP contribution in [0.3, 0.4) is 0 Å². The van der Waals surface area contributed by atoms with Gasteiger partial charge in [0.2, 0.25) is 0 Å². The molecule has 0 fully saturated rings. The molecule has 0 aliphatic carbocycles. The third-order valence-electron chi connectivity index (χ3n) is 3.51. The number of hydrogen-bond donors (Lipinski definition) is 0. The lowest BCUT2D eigenvalue weighted by Gasteiger charge is -2.23. The maximum atomic E-state index is 13.3. The summed E-state index contributed by atoms with van der Waals surface area (Å²) in [7, 11) is 3.65. The van der Waals surface area contributed by atoms with E-state index in [1.54, 1.807) is 18.0 Å². The van der Waals surface area contributed by atoms with Gasteiger partial charge in [-0.15, -0.1) is 0 Å². The Bertz CT molecular complexity index is 630. The molecule has 88 valence electrons. The van der Waals surface area contributed by atoms with Crippen molar-refractivity contribution in [1.29, 1.82) is 0 Å². The molecule has 2 heterocycles. The molecule has 4 heteroatoms. The molecule has 0 N–H and O–H groups in total. The van der Waals surface area contributed by atoms with Crippen molar-refractivity contribution in [2.45, 2.75) is 6.42 Å². The molecular weight excluding hydrogens is 219 g/mol. The fourth-order valence-corrected chi connectivity index (χ4v) is 2.58. The first-order valence-electron chi connectivity index (χ1n) is 5.62. The van der Waals surface area contributed by atoms with Crippen LogP contribution in [0.2, 0.25) is 0 Å². The van der Waals surface area contributed by atoms with Crippen molar-refractivity contribution in [1.82, 2.24) is 9.47 Å². The van der Waals surface area contributed by atoms with Crippen molar-refractivity contribution >= 4 is 16.8 Å². The SMILES string of the molecule is CN1CCc2c(n(C)c3ccc(F)cc23)C1=O. The lowest BCUT2D eigenvalue weighted by Crippen LogP contribution is -2.35. The zero-order chi connectivity index (χ0) is 12.2. The predicted octanol–water partition coefficient (Wildman–Crippen LogP) is 1.95. The number of likely N-dealkylation sites (N-methyl/N-ethyl adjacent to an activating group) is 1. The van der Waals surface area contributed by atoms with Crippen molar-refractivity contribution in [3.63, 3.8) is 0 Å². The highest BCUT2D eigenvalue weighted by atomic mass is 19.1. The van der Waals surface area contributed by atoms with E-state index in [0.717, 1.165) is 22.9 Å². The molecular formula is C13H13FN2O. The molecule has 0 spiro atoms. The van der Waals surface area contributed by atoms with Gasteiger partial charge in [-0.1, -0.05) is 0 Å². The Morgan fingerprint density at radius 2 is 2.06 bits per heavy atom. The van der Waals surface area contributed by atoms with E-state index in [1.165, 1.54) is 12.1 Å². The third-order valence-corrected chi connectivity index (χ3v) is 3.51. The number of hydrogen-bond acceptors (Lipinski definition) is 1. The molecule has 3 rings (SSSR count). The average Bonchev–Trinajstić information content (AvgIpc) is 2.58. The summed E-state index contributed by atoms with van der Waals surface area (Å²) in [6, 6.07) is 4.69. The molecule has 2 aromatic rings. The second-order valence-electron chi connectivity index (χ2n) is 4.52. The Labute approximate surface area is 98.4 Å². The van der Waals surface area contributed by atoms with Gasteiger partial charge in [0, 0.05) is 31.5 Å². The molecule has 0 atom stereocenters. The Morgan fingerprint density at radius 3 is 2.82 bits per heavy atom. The number of halogens is 1. The van der Waals surface area contributed by atoms with Crippen molar-refractivity contribution in [2.24, 2.45) is 7.05 Å². The number of fused-ring (bicyclic) bond motifs is 3. The first-order chi connectivity index (χ1) is 8.09. The smallest absolute Gasteiger partial charge is 0.270 e. The van der Waals surface area contributed by atoms with Gasteiger partial charge in [0.25, 0.3) is 5.91 Å². The topological polar surface area (TPSA) is 25.2 Å². The number of carbonyl (C=O) groups is 1. The summed E-state index contributed by atoms with van der Waals surface area (Å²) in [5.41, 5.74) is 2.59. The summed E-state index contributed by atoms with van der Waals surface area (Å²) in [6.07, 6.45) is 0.790. The summed E-state index contributed by atoms with van der Waals surface area (Å²) in [5.74, 6) is -0.234. The van der Waals surface area contributed by atoms with E-state index in [4.69, 9.17) is 0 Å². The van der Waals surface area contributed by atoms with Gasteiger partial charge in [-0.25, -0.2) is 4.39 Å². The minimum atomic E-state index is -0.253. The third kappa shape index (κ3) is 1.30. The number of aromatic nitrogens is 1. The van der Waals surface area contributed by atoms with Crippen molar-refractivity contribution in [3.05, 3.63) is 35.3 Å². The van der Waals surface area contributed by atoms with Gasteiger partial charge in [-0.05, 0) is 30.2 Å².